The second-order valence-corrected chi connectivity index (χ2v) is 5.82. The van der Waals surface area contributed by atoms with Gasteiger partial charge in [-0.3, -0.25) is 14.7 Å². The van der Waals surface area contributed by atoms with Crippen LogP contribution in [0.4, 0.5) is 4.39 Å². The van der Waals surface area contributed by atoms with Crippen LogP contribution in [-0.2, 0) is 10.3 Å². The molecule has 3 rings (SSSR count). The number of pyridine rings is 1. The molecular formula is C17H17FN4O. The van der Waals surface area contributed by atoms with Crippen molar-refractivity contribution in [3.05, 3.63) is 54.1 Å². The fraction of sp³-hybridized carbons (Fsp3) is 0.235. The third kappa shape index (κ3) is 2.67. The quantitative estimate of drug-likeness (QED) is 0.924. The molecule has 23 heavy (non-hydrogen) atoms. The van der Waals surface area contributed by atoms with Crippen LogP contribution < -0.4 is 5.73 Å². The van der Waals surface area contributed by atoms with Crippen LogP contribution in [-0.4, -0.2) is 28.8 Å². The summed E-state index contributed by atoms with van der Waals surface area (Å²) in [5, 5.41) is 0. The molecule has 2 aromatic rings. The number of hydrogen-bond donors (Lipinski definition) is 1. The van der Waals surface area contributed by atoms with Gasteiger partial charge in [-0.2, -0.15) is 0 Å². The van der Waals surface area contributed by atoms with E-state index in [0.29, 0.717) is 11.1 Å². The van der Waals surface area contributed by atoms with E-state index in [-0.39, 0.29) is 24.1 Å². The molecule has 6 heteroatoms. The molecule has 1 aromatic heterocycles. The van der Waals surface area contributed by atoms with Gasteiger partial charge in [-0.15, -0.1) is 0 Å². The van der Waals surface area contributed by atoms with Crippen LogP contribution in [0.3, 0.4) is 0 Å². The van der Waals surface area contributed by atoms with E-state index in [1.54, 1.807) is 43.7 Å². The highest BCUT2D eigenvalue weighted by Crippen LogP contribution is 2.34. The molecular weight excluding hydrogens is 295 g/mol. The van der Waals surface area contributed by atoms with Crippen LogP contribution in [0.25, 0.3) is 11.1 Å². The van der Waals surface area contributed by atoms with Gasteiger partial charge in [-0.05, 0) is 24.6 Å². The Balaban J connectivity index is 2.07. The average molecular weight is 312 g/mol. The first-order valence-electron chi connectivity index (χ1n) is 7.23. The zero-order valence-electron chi connectivity index (χ0n) is 13.0. The second-order valence-electron chi connectivity index (χ2n) is 5.82. The van der Waals surface area contributed by atoms with E-state index in [2.05, 4.69) is 9.98 Å². The van der Waals surface area contributed by atoms with Gasteiger partial charge in [0.05, 0.1) is 12.0 Å². The predicted molar refractivity (Wildman–Crippen MR) is 86.0 cm³/mol. The third-order valence-corrected chi connectivity index (χ3v) is 4.12. The molecule has 5 nitrogen and oxygen atoms in total. The molecule has 1 amide bonds. The first-order valence-corrected chi connectivity index (χ1v) is 7.23. The Morgan fingerprint density at radius 1 is 1.30 bits per heavy atom. The molecule has 1 aliphatic heterocycles. The molecule has 1 aromatic carbocycles. The Bertz CT molecular complexity index is 805. The minimum Gasteiger partial charge on any atom is -0.369 e. The molecule has 0 bridgehead atoms. The first kappa shape index (κ1) is 15.1. The van der Waals surface area contributed by atoms with Crippen LogP contribution in [0.15, 0.2) is 47.7 Å². The van der Waals surface area contributed by atoms with E-state index in [4.69, 9.17) is 5.73 Å². The summed E-state index contributed by atoms with van der Waals surface area (Å²) < 4.78 is 14.0. The molecule has 0 saturated carbocycles. The molecule has 0 aliphatic carbocycles. The van der Waals surface area contributed by atoms with Gasteiger partial charge < -0.3 is 5.73 Å². The topological polar surface area (TPSA) is 71.6 Å². The van der Waals surface area contributed by atoms with Gasteiger partial charge in [0.15, 0.2) is 5.96 Å². The number of carbonyl (C=O) groups excluding carboxylic acids is 1. The summed E-state index contributed by atoms with van der Waals surface area (Å²) >= 11 is 0. The predicted octanol–water partition coefficient (Wildman–Crippen LogP) is 2.28. The number of nitrogens with two attached hydrogens (primary N) is 1. The Labute approximate surface area is 133 Å². The van der Waals surface area contributed by atoms with E-state index in [1.165, 1.54) is 11.0 Å². The van der Waals surface area contributed by atoms with Crippen LogP contribution in [0.1, 0.15) is 18.9 Å². The van der Waals surface area contributed by atoms with Crippen molar-refractivity contribution >= 4 is 11.9 Å². The van der Waals surface area contributed by atoms with Crippen LogP contribution in [0.5, 0.6) is 0 Å². The van der Waals surface area contributed by atoms with Crippen molar-refractivity contribution in [1.82, 2.24) is 9.88 Å². The van der Waals surface area contributed by atoms with Crippen molar-refractivity contribution in [2.45, 2.75) is 18.9 Å². The van der Waals surface area contributed by atoms with Gasteiger partial charge in [0.1, 0.15) is 5.82 Å². The molecule has 2 N–H and O–H groups in total. The van der Waals surface area contributed by atoms with E-state index < -0.39 is 5.54 Å². The monoisotopic (exact) mass is 312 g/mol. The Morgan fingerprint density at radius 3 is 2.74 bits per heavy atom. The number of amides is 1. The van der Waals surface area contributed by atoms with Crippen molar-refractivity contribution in [1.29, 1.82) is 0 Å². The second kappa shape index (κ2) is 5.46. The number of halogens is 1. The molecule has 2 heterocycles. The normalized spacial score (nSPS) is 21.3. The zero-order valence-corrected chi connectivity index (χ0v) is 13.0. The van der Waals surface area contributed by atoms with Crippen molar-refractivity contribution in [3.63, 3.8) is 0 Å². The van der Waals surface area contributed by atoms with Gasteiger partial charge >= 0.3 is 0 Å². The minimum absolute atomic E-state index is 0.115. The number of rotatable bonds is 2. The van der Waals surface area contributed by atoms with E-state index in [0.717, 1.165) is 5.56 Å². The Morgan fingerprint density at radius 2 is 2.04 bits per heavy atom. The van der Waals surface area contributed by atoms with E-state index in [9.17, 15) is 9.18 Å². The fourth-order valence-corrected chi connectivity index (χ4v) is 2.65. The smallest absolute Gasteiger partial charge is 0.231 e. The van der Waals surface area contributed by atoms with Crippen molar-refractivity contribution in [3.8, 4) is 11.1 Å². The van der Waals surface area contributed by atoms with Crippen LogP contribution >= 0.6 is 0 Å². The minimum atomic E-state index is -0.804. The largest absolute Gasteiger partial charge is 0.369 e. The Kier molecular flexibility index (Phi) is 3.60. The number of hydrogen-bond acceptors (Lipinski definition) is 4. The summed E-state index contributed by atoms with van der Waals surface area (Å²) in [6.07, 6.45) is 3.42. The third-order valence-electron chi connectivity index (χ3n) is 4.12. The summed E-state index contributed by atoms with van der Waals surface area (Å²) in [5.41, 5.74) is 6.85. The molecule has 1 atom stereocenters. The molecule has 0 saturated heterocycles. The highest BCUT2D eigenvalue weighted by molar-refractivity contribution is 5.98. The number of guanidine groups is 1. The zero-order chi connectivity index (χ0) is 16.6. The number of nitrogens with zero attached hydrogens (tertiary/aromatic N) is 3. The highest BCUT2D eigenvalue weighted by atomic mass is 19.1. The van der Waals surface area contributed by atoms with Gasteiger partial charge in [0.2, 0.25) is 5.91 Å². The lowest BCUT2D eigenvalue weighted by atomic mass is 9.87. The summed E-state index contributed by atoms with van der Waals surface area (Å²) in [7, 11) is 1.59. The average Bonchev–Trinajstić information content (AvgIpc) is 2.53. The fourth-order valence-electron chi connectivity index (χ4n) is 2.65. The maximum absolute atomic E-state index is 14.0. The SMILES string of the molecule is CN1C(=O)C[C@@](C)(c2cncc(-c3ccccc3F)c2)N=C1N. The Hall–Kier alpha value is -2.76. The summed E-state index contributed by atoms with van der Waals surface area (Å²) in [6, 6.07) is 8.30. The highest BCUT2D eigenvalue weighted by Gasteiger charge is 2.36. The van der Waals surface area contributed by atoms with Crippen molar-refractivity contribution in [2.24, 2.45) is 10.7 Å². The van der Waals surface area contributed by atoms with E-state index >= 15 is 0 Å². The standard InChI is InChI=1S/C17H17FN4O/c1-17(8-15(23)22(2)16(19)21-17)12-7-11(9-20-10-12)13-5-3-4-6-14(13)18/h3-7,9-10H,8H2,1-2H3,(H2,19,21)/t17-/m0/s1. The van der Waals surface area contributed by atoms with Crippen molar-refractivity contribution in [2.75, 3.05) is 7.05 Å². The lowest BCUT2D eigenvalue weighted by Crippen LogP contribution is -2.47. The molecule has 0 spiro atoms. The molecule has 0 unspecified atom stereocenters. The van der Waals surface area contributed by atoms with Gasteiger partial charge in [0, 0.05) is 30.6 Å². The lowest BCUT2D eigenvalue weighted by Gasteiger charge is -2.33. The lowest BCUT2D eigenvalue weighted by molar-refractivity contribution is -0.128. The number of aliphatic imine (C=N–C) groups is 1. The number of benzene rings is 1. The van der Waals surface area contributed by atoms with Crippen LogP contribution in [0.2, 0.25) is 0 Å². The molecule has 0 radical (unpaired) electrons. The van der Waals surface area contributed by atoms with Gasteiger partial charge in [0.25, 0.3) is 0 Å². The van der Waals surface area contributed by atoms with Crippen LogP contribution in [0, 0.1) is 5.82 Å². The van der Waals surface area contributed by atoms with Crippen molar-refractivity contribution < 1.29 is 9.18 Å². The summed E-state index contributed by atoms with van der Waals surface area (Å²) in [4.78, 5) is 22.0. The molecule has 0 fully saturated rings. The molecule has 118 valence electrons. The number of carbonyl (C=O) groups is 1. The number of aromatic nitrogens is 1. The van der Waals surface area contributed by atoms with Gasteiger partial charge in [-0.1, -0.05) is 18.2 Å². The first-order chi connectivity index (χ1) is 10.9. The summed E-state index contributed by atoms with van der Waals surface area (Å²) in [5.74, 6) is -0.268. The molecule has 1 aliphatic rings. The maximum Gasteiger partial charge on any atom is 0.231 e. The maximum atomic E-state index is 14.0. The summed E-state index contributed by atoms with van der Waals surface area (Å²) in [6.45, 7) is 1.83. The van der Waals surface area contributed by atoms with E-state index in [1.807, 2.05) is 6.92 Å². The van der Waals surface area contributed by atoms with Gasteiger partial charge in [-0.25, -0.2) is 9.38 Å².